The number of hydrazone groups is 1. The van der Waals surface area contributed by atoms with E-state index in [9.17, 15) is 20.0 Å². The van der Waals surface area contributed by atoms with Crippen molar-refractivity contribution in [2.45, 2.75) is 0 Å². The molecule has 2 aromatic carbocycles. The normalized spacial score (nSPS) is 10.5. The summed E-state index contributed by atoms with van der Waals surface area (Å²) in [6, 6.07) is 9.23. The molecule has 112 valence electrons. The zero-order chi connectivity index (χ0) is 16.1. The Kier molecular flexibility index (Phi) is 4.33. The van der Waals surface area contributed by atoms with Gasteiger partial charge in [0.2, 0.25) is 0 Å². The van der Waals surface area contributed by atoms with Crippen LogP contribution >= 0.6 is 0 Å². The number of rotatable bonds is 4. The first-order valence-corrected chi connectivity index (χ1v) is 6.07. The first-order chi connectivity index (χ1) is 10.5. The molecule has 1 amide bonds. The van der Waals surface area contributed by atoms with E-state index in [0.717, 1.165) is 6.07 Å². The number of non-ortho nitro benzene ring substituents is 1. The van der Waals surface area contributed by atoms with Gasteiger partial charge in [0.05, 0.1) is 11.1 Å². The van der Waals surface area contributed by atoms with Crippen molar-refractivity contribution in [1.82, 2.24) is 5.43 Å². The van der Waals surface area contributed by atoms with Crippen LogP contribution in [0.25, 0.3) is 0 Å². The van der Waals surface area contributed by atoms with Gasteiger partial charge < -0.3 is 10.2 Å². The van der Waals surface area contributed by atoms with Crippen LogP contribution in [0.2, 0.25) is 0 Å². The van der Waals surface area contributed by atoms with Gasteiger partial charge in [0.15, 0.2) is 11.5 Å². The van der Waals surface area contributed by atoms with Gasteiger partial charge in [-0.05, 0) is 35.9 Å². The summed E-state index contributed by atoms with van der Waals surface area (Å²) in [5.74, 6) is -1.31. The van der Waals surface area contributed by atoms with Crippen molar-refractivity contribution in [2.75, 3.05) is 0 Å². The van der Waals surface area contributed by atoms with Crippen molar-refractivity contribution in [1.29, 1.82) is 0 Å². The summed E-state index contributed by atoms with van der Waals surface area (Å²) in [5, 5.41) is 32.7. The fourth-order valence-electron chi connectivity index (χ4n) is 1.58. The van der Waals surface area contributed by atoms with Gasteiger partial charge in [0.1, 0.15) is 0 Å². The summed E-state index contributed by atoms with van der Waals surface area (Å²) >= 11 is 0. The van der Waals surface area contributed by atoms with Crippen LogP contribution in [0.3, 0.4) is 0 Å². The molecule has 0 atom stereocenters. The number of carbonyl (C=O) groups excluding carboxylic acids is 1. The molecule has 0 saturated heterocycles. The molecule has 0 bridgehead atoms. The lowest BCUT2D eigenvalue weighted by molar-refractivity contribution is -0.384. The number of nitrogens with zero attached hydrogens (tertiary/aromatic N) is 2. The molecule has 3 N–H and O–H groups in total. The Morgan fingerprint density at radius 3 is 2.41 bits per heavy atom. The van der Waals surface area contributed by atoms with Crippen molar-refractivity contribution < 1.29 is 19.9 Å². The summed E-state index contributed by atoms with van der Waals surface area (Å²) in [6.07, 6.45) is 1.32. The number of nitro groups is 1. The molecule has 0 unspecified atom stereocenters. The summed E-state index contributed by atoms with van der Waals surface area (Å²) in [6.45, 7) is 0. The van der Waals surface area contributed by atoms with Crippen LogP contribution in [-0.2, 0) is 0 Å². The molecule has 2 aromatic rings. The highest BCUT2D eigenvalue weighted by Gasteiger charge is 2.07. The molecule has 22 heavy (non-hydrogen) atoms. The standard InChI is InChI=1S/C14H11N3O5/c18-12-6-3-10(7-13(12)19)14(20)16-15-8-9-1-4-11(5-2-9)17(21)22/h1-8,18-19H,(H,16,20)/b15-8+. The third-order valence-electron chi connectivity index (χ3n) is 2.72. The molecule has 0 aliphatic carbocycles. The second-order valence-corrected chi connectivity index (χ2v) is 4.25. The third-order valence-corrected chi connectivity index (χ3v) is 2.72. The van der Waals surface area contributed by atoms with Gasteiger partial charge in [-0.2, -0.15) is 5.10 Å². The van der Waals surface area contributed by atoms with Crippen LogP contribution in [-0.4, -0.2) is 27.3 Å². The molecule has 8 nitrogen and oxygen atoms in total. The van der Waals surface area contributed by atoms with Crippen molar-refractivity contribution in [3.63, 3.8) is 0 Å². The van der Waals surface area contributed by atoms with Crippen molar-refractivity contribution in [3.8, 4) is 11.5 Å². The predicted octanol–water partition coefficient (Wildman–Crippen LogP) is 1.77. The number of amides is 1. The molecule has 0 saturated carbocycles. The lowest BCUT2D eigenvalue weighted by atomic mass is 10.2. The van der Waals surface area contributed by atoms with Crippen LogP contribution < -0.4 is 5.43 Å². The molecule has 0 aliphatic rings. The van der Waals surface area contributed by atoms with E-state index >= 15 is 0 Å². The Hall–Kier alpha value is -3.42. The minimum Gasteiger partial charge on any atom is -0.504 e. The predicted molar refractivity (Wildman–Crippen MR) is 77.9 cm³/mol. The largest absolute Gasteiger partial charge is 0.504 e. The maximum absolute atomic E-state index is 11.7. The second kappa shape index (κ2) is 6.35. The van der Waals surface area contributed by atoms with E-state index in [2.05, 4.69) is 10.5 Å². The number of nitro benzene ring substituents is 1. The van der Waals surface area contributed by atoms with Crippen molar-refractivity contribution in [3.05, 3.63) is 63.7 Å². The van der Waals surface area contributed by atoms with Crippen LogP contribution in [0.15, 0.2) is 47.6 Å². The molecule has 0 spiro atoms. The van der Waals surface area contributed by atoms with E-state index in [1.807, 2.05) is 0 Å². The van der Waals surface area contributed by atoms with E-state index in [1.165, 1.54) is 42.6 Å². The van der Waals surface area contributed by atoms with Gasteiger partial charge in [-0.25, -0.2) is 5.43 Å². The average Bonchev–Trinajstić information content (AvgIpc) is 2.50. The Morgan fingerprint density at radius 1 is 1.14 bits per heavy atom. The van der Waals surface area contributed by atoms with Gasteiger partial charge in [-0.1, -0.05) is 0 Å². The molecule has 0 aliphatic heterocycles. The molecule has 2 rings (SSSR count). The molecule has 0 aromatic heterocycles. The number of aromatic hydroxyl groups is 2. The summed E-state index contributed by atoms with van der Waals surface area (Å²) in [5.41, 5.74) is 2.88. The Morgan fingerprint density at radius 2 is 1.82 bits per heavy atom. The van der Waals surface area contributed by atoms with Crippen LogP contribution in [0, 0.1) is 10.1 Å². The van der Waals surface area contributed by atoms with E-state index in [0.29, 0.717) is 5.56 Å². The minimum absolute atomic E-state index is 0.0410. The molecule has 0 radical (unpaired) electrons. The van der Waals surface area contributed by atoms with Crippen molar-refractivity contribution >= 4 is 17.8 Å². The first-order valence-electron chi connectivity index (χ1n) is 6.07. The number of hydrogen-bond acceptors (Lipinski definition) is 6. The zero-order valence-electron chi connectivity index (χ0n) is 11.1. The highest BCUT2D eigenvalue weighted by molar-refractivity contribution is 5.95. The van der Waals surface area contributed by atoms with E-state index in [4.69, 9.17) is 5.11 Å². The highest BCUT2D eigenvalue weighted by atomic mass is 16.6. The van der Waals surface area contributed by atoms with Gasteiger partial charge in [-0.3, -0.25) is 14.9 Å². The lowest BCUT2D eigenvalue weighted by Crippen LogP contribution is -2.17. The maximum atomic E-state index is 11.7. The van der Waals surface area contributed by atoms with E-state index in [-0.39, 0.29) is 17.0 Å². The molecular formula is C14H11N3O5. The SMILES string of the molecule is O=C(N/N=C/c1ccc([N+](=O)[O-])cc1)c1ccc(O)c(O)c1. The number of phenolic OH excluding ortho intramolecular Hbond substituents is 2. The van der Waals surface area contributed by atoms with Gasteiger partial charge in [-0.15, -0.1) is 0 Å². The maximum Gasteiger partial charge on any atom is 0.271 e. The highest BCUT2D eigenvalue weighted by Crippen LogP contribution is 2.24. The molecule has 8 heteroatoms. The van der Waals surface area contributed by atoms with Gasteiger partial charge >= 0.3 is 0 Å². The number of hydrogen-bond donors (Lipinski definition) is 3. The number of benzene rings is 2. The average molecular weight is 301 g/mol. The topological polar surface area (TPSA) is 125 Å². The Labute approximate surface area is 124 Å². The van der Waals surface area contributed by atoms with E-state index < -0.39 is 16.6 Å². The number of phenols is 2. The van der Waals surface area contributed by atoms with Crippen LogP contribution in [0.4, 0.5) is 5.69 Å². The number of nitrogens with one attached hydrogen (secondary N) is 1. The molecule has 0 fully saturated rings. The van der Waals surface area contributed by atoms with Crippen molar-refractivity contribution in [2.24, 2.45) is 5.10 Å². The fourth-order valence-corrected chi connectivity index (χ4v) is 1.58. The van der Waals surface area contributed by atoms with Gasteiger partial charge in [0.25, 0.3) is 11.6 Å². The fraction of sp³-hybridized carbons (Fsp3) is 0. The van der Waals surface area contributed by atoms with Crippen LogP contribution in [0.5, 0.6) is 11.5 Å². The zero-order valence-corrected chi connectivity index (χ0v) is 11.1. The third kappa shape index (κ3) is 3.57. The monoisotopic (exact) mass is 301 g/mol. The quantitative estimate of drug-likeness (QED) is 0.343. The molecule has 0 heterocycles. The summed E-state index contributed by atoms with van der Waals surface area (Å²) in [4.78, 5) is 21.7. The van der Waals surface area contributed by atoms with Crippen LogP contribution in [0.1, 0.15) is 15.9 Å². The number of carbonyl (C=O) groups is 1. The summed E-state index contributed by atoms with van der Waals surface area (Å²) in [7, 11) is 0. The smallest absolute Gasteiger partial charge is 0.271 e. The lowest BCUT2D eigenvalue weighted by Gasteiger charge is -2.02. The Balaban J connectivity index is 2.00. The summed E-state index contributed by atoms with van der Waals surface area (Å²) < 4.78 is 0. The molecular weight excluding hydrogens is 290 g/mol. The van der Waals surface area contributed by atoms with Gasteiger partial charge in [0, 0.05) is 17.7 Å². The minimum atomic E-state index is -0.575. The first kappa shape index (κ1) is 15.0. The second-order valence-electron chi connectivity index (χ2n) is 4.25. The van der Waals surface area contributed by atoms with E-state index in [1.54, 1.807) is 0 Å². The Bertz CT molecular complexity index is 741.